The molecule has 2 aliphatic rings. The molecule has 2 saturated heterocycles. The number of hydrogen-bond acceptors (Lipinski definition) is 4. The van der Waals surface area contributed by atoms with Gasteiger partial charge in [-0.2, -0.15) is 0 Å². The maximum atomic E-state index is 12.5. The topological polar surface area (TPSA) is 47.0 Å². The minimum Gasteiger partial charge on any atom is -0.506 e. The Hall–Kier alpha value is -1.30. The highest BCUT2D eigenvalue weighted by Crippen LogP contribution is 2.24. The Morgan fingerprint density at radius 3 is 2.82 bits per heavy atom. The first-order valence-electron chi connectivity index (χ1n) is 7.70. The van der Waals surface area contributed by atoms with E-state index >= 15 is 0 Å². The standard InChI is InChI=1S/C16H22ClN3O2/c1-18-4-5-19-6-7-20(11-13(19)10-18)16(22)9-12-2-3-15(21)14(17)8-12/h2-3,8,13,21H,4-7,9-11H2,1H3/t13-/m0/s1. The summed E-state index contributed by atoms with van der Waals surface area (Å²) in [5.41, 5.74) is 0.844. The molecule has 1 atom stereocenters. The molecule has 1 amide bonds. The Morgan fingerprint density at radius 1 is 1.27 bits per heavy atom. The van der Waals surface area contributed by atoms with Crippen molar-refractivity contribution in [1.29, 1.82) is 0 Å². The summed E-state index contributed by atoms with van der Waals surface area (Å²) < 4.78 is 0. The Morgan fingerprint density at radius 2 is 2.05 bits per heavy atom. The first kappa shape index (κ1) is 15.6. The Bertz CT molecular complexity index is 566. The molecule has 0 aliphatic carbocycles. The normalized spacial score (nSPS) is 23.4. The Kier molecular flexibility index (Phi) is 4.57. The zero-order chi connectivity index (χ0) is 15.7. The molecular formula is C16H22ClN3O2. The molecule has 1 aromatic carbocycles. The van der Waals surface area contributed by atoms with Gasteiger partial charge in [-0.15, -0.1) is 0 Å². The molecule has 2 heterocycles. The van der Waals surface area contributed by atoms with E-state index in [-0.39, 0.29) is 11.7 Å². The number of phenols is 1. The summed E-state index contributed by atoms with van der Waals surface area (Å²) in [7, 11) is 2.14. The van der Waals surface area contributed by atoms with Crippen LogP contribution in [0.25, 0.3) is 0 Å². The fourth-order valence-electron chi connectivity index (χ4n) is 3.28. The van der Waals surface area contributed by atoms with Crippen LogP contribution < -0.4 is 0 Å². The predicted molar refractivity (Wildman–Crippen MR) is 86.3 cm³/mol. The van der Waals surface area contributed by atoms with Gasteiger partial charge in [0, 0.05) is 45.3 Å². The van der Waals surface area contributed by atoms with Crippen LogP contribution in [0.4, 0.5) is 0 Å². The number of hydrogen-bond donors (Lipinski definition) is 1. The van der Waals surface area contributed by atoms with Crippen LogP contribution in [0.15, 0.2) is 18.2 Å². The number of amides is 1. The number of benzene rings is 1. The third-order valence-corrected chi connectivity index (χ3v) is 4.92. The van der Waals surface area contributed by atoms with Crippen LogP contribution in [0.2, 0.25) is 5.02 Å². The van der Waals surface area contributed by atoms with Crippen molar-refractivity contribution in [2.75, 3.05) is 46.3 Å². The number of nitrogens with zero attached hydrogens (tertiary/aromatic N) is 3. The van der Waals surface area contributed by atoms with E-state index in [2.05, 4.69) is 16.8 Å². The highest BCUT2D eigenvalue weighted by molar-refractivity contribution is 6.32. The largest absolute Gasteiger partial charge is 0.506 e. The summed E-state index contributed by atoms with van der Waals surface area (Å²) in [6.07, 6.45) is 0.336. The number of likely N-dealkylation sites (N-methyl/N-ethyl adjacent to an activating group) is 1. The molecule has 1 aromatic rings. The van der Waals surface area contributed by atoms with Gasteiger partial charge in [0.2, 0.25) is 5.91 Å². The second-order valence-corrected chi connectivity index (χ2v) is 6.66. The quantitative estimate of drug-likeness (QED) is 0.883. The van der Waals surface area contributed by atoms with Gasteiger partial charge in [0.1, 0.15) is 5.75 Å². The Balaban J connectivity index is 1.61. The van der Waals surface area contributed by atoms with Crippen molar-refractivity contribution in [1.82, 2.24) is 14.7 Å². The molecule has 3 rings (SSSR count). The van der Waals surface area contributed by atoms with Gasteiger partial charge in [-0.25, -0.2) is 0 Å². The van der Waals surface area contributed by atoms with Crippen molar-refractivity contribution >= 4 is 17.5 Å². The van der Waals surface area contributed by atoms with E-state index in [0.717, 1.165) is 44.8 Å². The van der Waals surface area contributed by atoms with Crippen molar-refractivity contribution in [2.45, 2.75) is 12.5 Å². The van der Waals surface area contributed by atoms with E-state index in [0.29, 0.717) is 17.5 Å². The molecule has 2 fully saturated rings. The molecule has 120 valence electrons. The van der Waals surface area contributed by atoms with Gasteiger partial charge in [0.15, 0.2) is 0 Å². The average Bonchev–Trinajstić information content (AvgIpc) is 2.50. The van der Waals surface area contributed by atoms with Crippen molar-refractivity contribution in [3.05, 3.63) is 28.8 Å². The van der Waals surface area contributed by atoms with E-state index in [9.17, 15) is 9.90 Å². The highest BCUT2D eigenvalue weighted by atomic mass is 35.5. The summed E-state index contributed by atoms with van der Waals surface area (Å²) in [5, 5.41) is 9.74. The van der Waals surface area contributed by atoms with Crippen LogP contribution in [0.3, 0.4) is 0 Å². The molecule has 2 aliphatic heterocycles. The molecule has 0 radical (unpaired) electrons. The lowest BCUT2D eigenvalue weighted by atomic mass is 10.1. The summed E-state index contributed by atoms with van der Waals surface area (Å²) in [6, 6.07) is 5.40. The van der Waals surface area contributed by atoms with Crippen LogP contribution in [0.5, 0.6) is 5.75 Å². The minimum atomic E-state index is 0.0525. The van der Waals surface area contributed by atoms with Gasteiger partial charge in [-0.3, -0.25) is 9.69 Å². The lowest BCUT2D eigenvalue weighted by Gasteiger charge is -2.46. The number of carbonyl (C=O) groups excluding carboxylic acids is 1. The molecule has 0 bridgehead atoms. The van der Waals surface area contributed by atoms with Crippen LogP contribution in [0.1, 0.15) is 5.56 Å². The maximum Gasteiger partial charge on any atom is 0.227 e. The summed E-state index contributed by atoms with van der Waals surface area (Å²) in [5.74, 6) is 0.186. The first-order chi connectivity index (χ1) is 10.5. The maximum absolute atomic E-state index is 12.5. The van der Waals surface area contributed by atoms with Crippen LogP contribution in [0, 0.1) is 0 Å². The molecule has 1 N–H and O–H groups in total. The van der Waals surface area contributed by atoms with Gasteiger partial charge in [0.05, 0.1) is 11.4 Å². The highest BCUT2D eigenvalue weighted by Gasteiger charge is 2.32. The fourth-order valence-corrected chi connectivity index (χ4v) is 3.49. The molecule has 6 heteroatoms. The predicted octanol–water partition coefficient (Wildman–Crippen LogP) is 1.05. The van der Waals surface area contributed by atoms with Gasteiger partial charge >= 0.3 is 0 Å². The second-order valence-electron chi connectivity index (χ2n) is 6.25. The van der Waals surface area contributed by atoms with Crippen molar-refractivity contribution in [2.24, 2.45) is 0 Å². The molecule has 22 heavy (non-hydrogen) atoms. The average molecular weight is 324 g/mol. The van der Waals surface area contributed by atoms with Crippen LogP contribution >= 0.6 is 11.6 Å². The summed E-state index contributed by atoms with van der Waals surface area (Å²) in [4.78, 5) is 19.3. The molecule has 0 aromatic heterocycles. The molecule has 0 spiro atoms. The van der Waals surface area contributed by atoms with Crippen molar-refractivity contribution < 1.29 is 9.90 Å². The smallest absolute Gasteiger partial charge is 0.227 e. The number of aromatic hydroxyl groups is 1. The third kappa shape index (κ3) is 3.37. The Labute approximate surface area is 136 Å². The van der Waals surface area contributed by atoms with E-state index in [1.54, 1.807) is 18.2 Å². The van der Waals surface area contributed by atoms with E-state index in [1.807, 2.05) is 4.90 Å². The summed E-state index contributed by atoms with van der Waals surface area (Å²) >= 11 is 5.90. The second kappa shape index (κ2) is 6.44. The minimum absolute atomic E-state index is 0.0525. The van der Waals surface area contributed by atoms with Gasteiger partial charge < -0.3 is 14.9 Å². The zero-order valence-electron chi connectivity index (χ0n) is 12.8. The number of carbonyl (C=O) groups is 1. The number of phenolic OH excluding ortho intramolecular Hbond substituents is 1. The van der Waals surface area contributed by atoms with E-state index in [4.69, 9.17) is 11.6 Å². The van der Waals surface area contributed by atoms with Crippen molar-refractivity contribution in [3.63, 3.8) is 0 Å². The monoisotopic (exact) mass is 323 g/mol. The fraction of sp³-hybridized carbons (Fsp3) is 0.562. The lowest BCUT2D eigenvalue weighted by Crippen LogP contribution is -2.62. The number of piperazine rings is 2. The lowest BCUT2D eigenvalue weighted by molar-refractivity contribution is -0.134. The zero-order valence-corrected chi connectivity index (χ0v) is 13.6. The molecule has 5 nitrogen and oxygen atoms in total. The van der Waals surface area contributed by atoms with Gasteiger partial charge in [-0.05, 0) is 24.7 Å². The van der Waals surface area contributed by atoms with Gasteiger partial charge in [0.25, 0.3) is 0 Å². The summed E-state index contributed by atoms with van der Waals surface area (Å²) in [6.45, 7) is 5.78. The first-order valence-corrected chi connectivity index (χ1v) is 8.08. The number of fused-ring (bicyclic) bond motifs is 1. The third-order valence-electron chi connectivity index (χ3n) is 4.62. The SMILES string of the molecule is CN1CCN2CCN(C(=O)Cc3ccc(O)c(Cl)c3)C[C@@H]2C1. The van der Waals surface area contributed by atoms with Crippen LogP contribution in [-0.2, 0) is 11.2 Å². The molecular weight excluding hydrogens is 302 g/mol. The molecule has 0 unspecified atom stereocenters. The number of halogens is 1. The van der Waals surface area contributed by atoms with E-state index in [1.165, 1.54) is 0 Å². The number of rotatable bonds is 2. The van der Waals surface area contributed by atoms with Crippen molar-refractivity contribution in [3.8, 4) is 5.75 Å². The van der Waals surface area contributed by atoms with Crippen LogP contribution in [-0.4, -0.2) is 78.1 Å². The molecule has 0 saturated carbocycles. The van der Waals surface area contributed by atoms with E-state index < -0.39 is 0 Å². The van der Waals surface area contributed by atoms with Gasteiger partial charge in [-0.1, -0.05) is 17.7 Å².